The van der Waals surface area contributed by atoms with Crippen LogP contribution < -0.4 is 5.32 Å². The molecular formula is C13H9BrClF2NO. The maximum absolute atomic E-state index is 13.1. The zero-order chi connectivity index (χ0) is 14.0. The van der Waals surface area contributed by atoms with Crippen molar-refractivity contribution in [3.63, 3.8) is 0 Å². The van der Waals surface area contributed by atoms with Crippen LogP contribution in [0, 0.1) is 11.6 Å². The lowest BCUT2D eigenvalue weighted by Gasteiger charge is -2.08. The summed E-state index contributed by atoms with van der Waals surface area (Å²) in [6, 6.07) is 7.37. The molecule has 2 aromatic carbocycles. The molecule has 19 heavy (non-hydrogen) atoms. The normalized spacial score (nSPS) is 10.5. The molecule has 0 bridgehead atoms. The zero-order valence-electron chi connectivity index (χ0n) is 9.55. The second-order valence-electron chi connectivity index (χ2n) is 3.89. The second kappa shape index (κ2) is 5.75. The average Bonchev–Trinajstić information content (AvgIpc) is 2.37. The highest BCUT2D eigenvalue weighted by molar-refractivity contribution is 9.10. The van der Waals surface area contributed by atoms with Gasteiger partial charge in [0, 0.05) is 16.7 Å². The maximum atomic E-state index is 13.1. The first kappa shape index (κ1) is 14.1. The van der Waals surface area contributed by atoms with Crippen LogP contribution in [0.25, 0.3) is 0 Å². The number of benzene rings is 2. The van der Waals surface area contributed by atoms with E-state index in [0.29, 0.717) is 10.6 Å². The summed E-state index contributed by atoms with van der Waals surface area (Å²) in [6.07, 6.45) is 0. The van der Waals surface area contributed by atoms with E-state index in [9.17, 15) is 8.78 Å². The number of nitrogens with one attached hydrogen (secondary N) is 1. The van der Waals surface area contributed by atoms with E-state index in [1.807, 2.05) is 0 Å². The molecule has 0 heterocycles. The number of hydrogen-bond donors (Lipinski definition) is 2. The summed E-state index contributed by atoms with van der Waals surface area (Å²) in [5, 5.41) is 12.6. The van der Waals surface area contributed by atoms with Crippen molar-refractivity contribution in [2.45, 2.75) is 6.54 Å². The van der Waals surface area contributed by atoms with Gasteiger partial charge in [0.1, 0.15) is 0 Å². The smallest absolute Gasteiger partial charge is 0.187 e. The van der Waals surface area contributed by atoms with E-state index >= 15 is 0 Å². The van der Waals surface area contributed by atoms with Gasteiger partial charge in [-0.25, -0.2) is 8.78 Å². The van der Waals surface area contributed by atoms with E-state index in [4.69, 9.17) is 16.7 Å². The third kappa shape index (κ3) is 3.36. The maximum Gasteiger partial charge on any atom is 0.187 e. The van der Waals surface area contributed by atoms with Crippen molar-refractivity contribution < 1.29 is 13.9 Å². The van der Waals surface area contributed by atoms with Crippen molar-refractivity contribution in [3.8, 4) is 5.75 Å². The second-order valence-corrected chi connectivity index (χ2v) is 5.15. The van der Waals surface area contributed by atoms with Crippen molar-refractivity contribution in [1.82, 2.24) is 0 Å². The quantitative estimate of drug-likeness (QED) is 0.843. The highest BCUT2D eigenvalue weighted by Crippen LogP contribution is 2.26. The molecule has 2 aromatic rings. The van der Waals surface area contributed by atoms with Crippen molar-refractivity contribution in [1.29, 1.82) is 0 Å². The van der Waals surface area contributed by atoms with Gasteiger partial charge >= 0.3 is 0 Å². The molecule has 2 rings (SSSR count). The summed E-state index contributed by atoms with van der Waals surface area (Å²) >= 11 is 9.14. The van der Waals surface area contributed by atoms with Gasteiger partial charge in [0.15, 0.2) is 17.4 Å². The van der Waals surface area contributed by atoms with E-state index in [0.717, 1.165) is 22.3 Å². The Balaban J connectivity index is 2.12. The van der Waals surface area contributed by atoms with Gasteiger partial charge in [-0.05, 0) is 51.8 Å². The van der Waals surface area contributed by atoms with Crippen molar-refractivity contribution in [2.24, 2.45) is 0 Å². The molecule has 6 heteroatoms. The molecule has 0 atom stereocenters. The minimum Gasteiger partial charge on any atom is -0.503 e. The predicted octanol–water partition coefficient (Wildman–Crippen LogP) is 4.70. The lowest BCUT2D eigenvalue weighted by Crippen LogP contribution is -2.01. The Morgan fingerprint density at radius 1 is 1.16 bits per heavy atom. The number of rotatable bonds is 3. The van der Waals surface area contributed by atoms with Gasteiger partial charge in [-0.1, -0.05) is 11.6 Å². The van der Waals surface area contributed by atoms with Gasteiger partial charge in [-0.3, -0.25) is 0 Å². The zero-order valence-corrected chi connectivity index (χ0v) is 11.9. The minimum absolute atomic E-state index is 0.224. The first-order valence-electron chi connectivity index (χ1n) is 5.33. The molecule has 100 valence electrons. The van der Waals surface area contributed by atoms with Crippen LogP contribution in [0.2, 0.25) is 5.02 Å². The van der Waals surface area contributed by atoms with Gasteiger partial charge in [0.05, 0.1) is 5.02 Å². The Hall–Kier alpha value is -1.33. The fourth-order valence-corrected chi connectivity index (χ4v) is 2.03. The van der Waals surface area contributed by atoms with E-state index in [2.05, 4.69) is 21.2 Å². The highest BCUT2D eigenvalue weighted by atomic mass is 79.9. The lowest BCUT2D eigenvalue weighted by atomic mass is 10.2. The van der Waals surface area contributed by atoms with Crippen molar-refractivity contribution in [2.75, 3.05) is 5.32 Å². The van der Waals surface area contributed by atoms with Gasteiger partial charge in [-0.2, -0.15) is 0 Å². The monoisotopic (exact) mass is 347 g/mol. The third-order valence-electron chi connectivity index (χ3n) is 2.49. The van der Waals surface area contributed by atoms with E-state index in [-0.39, 0.29) is 6.54 Å². The van der Waals surface area contributed by atoms with Crippen molar-refractivity contribution >= 4 is 33.2 Å². The molecule has 2 nitrogen and oxygen atoms in total. The van der Waals surface area contributed by atoms with Gasteiger partial charge in [0.2, 0.25) is 0 Å². The molecule has 0 amide bonds. The average molecular weight is 349 g/mol. The van der Waals surface area contributed by atoms with Crippen LogP contribution in [0.3, 0.4) is 0 Å². The largest absolute Gasteiger partial charge is 0.503 e. The summed E-state index contributed by atoms with van der Waals surface area (Å²) in [5.74, 6) is -2.92. The fourth-order valence-electron chi connectivity index (χ4n) is 1.53. The van der Waals surface area contributed by atoms with E-state index in [1.165, 1.54) is 0 Å². The Bertz CT molecular complexity index is 599. The van der Waals surface area contributed by atoms with Crippen LogP contribution in [-0.4, -0.2) is 5.11 Å². The number of phenols is 1. The summed E-state index contributed by atoms with van der Waals surface area (Å²) in [7, 11) is 0. The van der Waals surface area contributed by atoms with E-state index < -0.39 is 17.4 Å². The van der Waals surface area contributed by atoms with Crippen LogP contribution in [0.15, 0.2) is 34.8 Å². The molecule has 0 saturated carbocycles. The van der Waals surface area contributed by atoms with Crippen LogP contribution >= 0.6 is 27.5 Å². The number of halogens is 4. The topological polar surface area (TPSA) is 32.3 Å². The number of anilines is 1. The number of hydrogen-bond acceptors (Lipinski definition) is 2. The standard InChI is InChI=1S/C13H9BrClF2NO/c14-9-5-8(1-2-10(9)15)18-6-7-3-11(16)13(19)12(17)4-7/h1-5,18-19H,6H2. The van der Waals surface area contributed by atoms with Gasteiger partial charge < -0.3 is 10.4 Å². The summed E-state index contributed by atoms with van der Waals surface area (Å²) in [4.78, 5) is 0. The number of phenolic OH excluding ortho intramolecular Hbond substituents is 1. The molecule has 2 N–H and O–H groups in total. The Morgan fingerprint density at radius 2 is 1.79 bits per heavy atom. The van der Waals surface area contributed by atoms with Crippen LogP contribution in [-0.2, 0) is 6.54 Å². The first-order valence-corrected chi connectivity index (χ1v) is 6.50. The van der Waals surface area contributed by atoms with Crippen LogP contribution in [0.4, 0.5) is 14.5 Å². The molecule has 0 unspecified atom stereocenters. The van der Waals surface area contributed by atoms with Gasteiger partial charge in [0.25, 0.3) is 0 Å². The van der Waals surface area contributed by atoms with Crippen molar-refractivity contribution in [3.05, 3.63) is 57.0 Å². The Labute approximate surface area is 122 Å². The summed E-state index contributed by atoms with van der Waals surface area (Å²) in [5.41, 5.74) is 1.14. The van der Waals surface area contributed by atoms with E-state index in [1.54, 1.807) is 18.2 Å². The molecule has 0 aromatic heterocycles. The molecule has 0 spiro atoms. The molecule has 0 radical (unpaired) electrons. The molecular weight excluding hydrogens is 340 g/mol. The fraction of sp³-hybridized carbons (Fsp3) is 0.0769. The SMILES string of the molecule is Oc1c(F)cc(CNc2ccc(Cl)c(Br)c2)cc1F. The predicted molar refractivity (Wildman–Crippen MR) is 74.5 cm³/mol. The lowest BCUT2D eigenvalue weighted by molar-refractivity contribution is 0.395. The molecule has 0 aliphatic carbocycles. The molecule has 0 saturated heterocycles. The molecule has 0 fully saturated rings. The van der Waals surface area contributed by atoms with Crippen LogP contribution in [0.5, 0.6) is 5.75 Å². The van der Waals surface area contributed by atoms with Gasteiger partial charge in [-0.15, -0.1) is 0 Å². The first-order chi connectivity index (χ1) is 8.97. The Morgan fingerprint density at radius 3 is 2.37 bits per heavy atom. The molecule has 0 aliphatic rings. The highest BCUT2D eigenvalue weighted by Gasteiger charge is 2.09. The molecule has 0 aliphatic heterocycles. The van der Waals surface area contributed by atoms with Crippen LogP contribution in [0.1, 0.15) is 5.56 Å². The number of aromatic hydroxyl groups is 1. The minimum atomic E-state index is -0.978. The summed E-state index contributed by atoms with van der Waals surface area (Å²) in [6.45, 7) is 0.224. The third-order valence-corrected chi connectivity index (χ3v) is 3.71. The summed E-state index contributed by atoms with van der Waals surface area (Å²) < 4.78 is 27.0. The Kier molecular flexibility index (Phi) is 4.27.